The van der Waals surface area contributed by atoms with Crippen molar-refractivity contribution in [3.63, 3.8) is 0 Å². The number of hydrogen-bond acceptors (Lipinski definition) is 5. The van der Waals surface area contributed by atoms with Gasteiger partial charge in [0.15, 0.2) is 11.5 Å². The van der Waals surface area contributed by atoms with Crippen LogP contribution in [0.5, 0.6) is 17.2 Å². The summed E-state index contributed by atoms with van der Waals surface area (Å²) in [6.45, 7) is 1.20. The molecule has 0 saturated carbocycles. The molecule has 1 fully saturated rings. The molecule has 0 atom stereocenters. The zero-order chi connectivity index (χ0) is 20.9. The van der Waals surface area contributed by atoms with Gasteiger partial charge in [0.25, 0.3) is 0 Å². The molecule has 0 bridgehead atoms. The summed E-state index contributed by atoms with van der Waals surface area (Å²) in [6, 6.07) is 10.6. The molecule has 2 aromatic rings. The molecule has 1 aliphatic rings. The summed E-state index contributed by atoms with van der Waals surface area (Å²) in [5.41, 5.74) is 1.72. The number of nitrogens with zero attached hydrogens (tertiary/aromatic N) is 1. The Morgan fingerprint density at radius 3 is 2.03 bits per heavy atom. The monoisotopic (exact) mass is 417 g/mol. The van der Waals surface area contributed by atoms with E-state index in [1.165, 1.54) is 0 Å². The number of hydrogen-bond donors (Lipinski definition) is 0. The predicted octanol–water partition coefficient (Wildman–Crippen LogP) is 4.06. The second-order valence-electron chi connectivity index (χ2n) is 6.79. The lowest BCUT2D eigenvalue weighted by Crippen LogP contribution is -2.35. The molecular weight excluding hydrogens is 390 g/mol. The molecule has 7 heteroatoms. The third-order valence-electron chi connectivity index (χ3n) is 5.02. The summed E-state index contributed by atoms with van der Waals surface area (Å²) in [5, 5.41) is 0. The number of sulfonamides is 1. The van der Waals surface area contributed by atoms with Crippen molar-refractivity contribution in [2.45, 2.75) is 24.2 Å². The predicted molar refractivity (Wildman–Crippen MR) is 114 cm³/mol. The maximum atomic E-state index is 12.8. The normalized spacial score (nSPS) is 15.4. The highest BCUT2D eigenvalue weighted by Gasteiger charge is 2.25. The van der Waals surface area contributed by atoms with Gasteiger partial charge in [0.1, 0.15) is 0 Å². The van der Waals surface area contributed by atoms with Crippen LogP contribution >= 0.6 is 0 Å². The van der Waals surface area contributed by atoms with Crippen molar-refractivity contribution in [3.05, 3.63) is 47.5 Å². The molecule has 0 aliphatic carbocycles. The van der Waals surface area contributed by atoms with Gasteiger partial charge in [-0.3, -0.25) is 0 Å². The summed E-state index contributed by atoms with van der Waals surface area (Å²) in [7, 11) is 1.30. The topological polar surface area (TPSA) is 65.1 Å². The van der Waals surface area contributed by atoms with Gasteiger partial charge in [-0.1, -0.05) is 30.7 Å². The molecule has 3 rings (SSSR count). The highest BCUT2D eigenvalue weighted by Crippen LogP contribution is 2.40. The van der Waals surface area contributed by atoms with Gasteiger partial charge in [0.2, 0.25) is 15.8 Å². The summed E-state index contributed by atoms with van der Waals surface area (Å²) in [5.74, 6) is 1.70. The SMILES string of the molecule is COc1ccc(C=Cc2ccc(S(=O)(=O)N3CCCCC3)cc2)c(OC)c1OC. The van der Waals surface area contributed by atoms with Crippen molar-refractivity contribution in [3.8, 4) is 17.2 Å². The van der Waals surface area contributed by atoms with Crippen LogP contribution in [0.4, 0.5) is 0 Å². The second kappa shape index (κ2) is 9.33. The van der Waals surface area contributed by atoms with Gasteiger partial charge in [-0.2, -0.15) is 4.31 Å². The van der Waals surface area contributed by atoms with Gasteiger partial charge >= 0.3 is 0 Å². The van der Waals surface area contributed by atoms with Crippen LogP contribution in [-0.2, 0) is 10.0 Å². The van der Waals surface area contributed by atoms with Crippen LogP contribution in [-0.4, -0.2) is 47.1 Å². The molecule has 156 valence electrons. The van der Waals surface area contributed by atoms with Crippen LogP contribution in [0.1, 0.15) is 30.4 Å². The molecule has 0 radical (unpaired) electrons. The van der Waals surface area contributed by atoms with Crippen LogP contribution in [0, 0.1) is 0 Å². The lowest BCUT2D eigenvalue weighted by molar-refractivity contribution is 0.324. The second-order valence-corrected chi connectivity index (χ2v) is 8.73. The Bertz CT molecular complexity index is 961. The van der Waals surface area contributed by atoms with E-state index in [4.69, 9.17) is 14.2 Å². The Morgan fingerprint density at radius 2 is 1.45 bits per heavy atom. The summed E-state index contributed by atoms with van der Waals surface area (Å²) >= 11 is 0. The maximum Gasteiger partial charge on any atom is 0.243 e. The van der Waals surface area contributed by atoms with E-state index in [1.807, 2.05) is 24.3 Å². The molecule has 6 nitrogen and oxygen atoms in total. The highest BCUT2D eigenvalue weighted by molar-refractivity contribution is 7.89. The average molecular weight is 418 g/mol. The quantitative estimate of drug-likeness (QED) is 0.636. The minimum absolute atomic E-state index is 0.334. The first-order valence-corrected chi connectivity index (χ1v) is 11.0. The molecule has 1 saturated heterocycles. The van der Waals surface area contributed by atoms with Crippen LogP contribution in [0.2, 0.25) is 0 Å². The van der Waals surface area contributed by atoms with Crippen LogP contribution < -0.4 is 14.2 Å². The fourth-order valence-electron chi connectivity index (χ4n) is 3.45. The molecule has 0 spiro atoms. The van der Waals surface area contributed by atoms with Gasteiger partial charge in [0, 0.05) is 18.7 Å². The molecule has 0 N–H and O–H groups in total. The van der Waals surface area contributed by atoms with E-state index in [-0.39, 0.29) is 0 Å². The molecule has 1 heterocycles. The third kappa shape index (κ3) is 4.57. The van der Waals surface area contributed by atoms with E-state index >= 15 is 0 Å². The number of piperidine rings is 1. The smallest absolute Gasteiger partial charge is 0.243 e. The number of benzene rings is 2. The van der Waals surface area contributed by atoms with Crippen LogP contribution in [0.15, 0.2) is 41.3 Å². The van der Waals surface area contributed by atoms with Gasteiger partial charge in [-0.05, 0) is 42.7 Å². The van der Waals surface area contributed by atoms with Crippen molar-refractivity contribution in [2.24, 2.45) is 0 Å². The number of ether oxygens (including phenoxy) is 3. The van der Waals surface area contributed by atoms with Crippen LogP contribution in [0.3, 0.4) is 0 Å². The summed E-state index contributed by atoms with van der Waals surface area (Å²) in [6.07, 6.45) is 6.74. The third-order valence-corrected chi connectivity index (χ3v) is 6.94. The lowest BCUT2D eigenvalue weighted by atomic mass is 10.1. The van der Waals surface area contributed by atoms with Crippen molar-refractivity contribution in [1.29, 1.82) is 0 Å². The fraction of sp³-hybridized carbons (Fsp3) is 0.364. The summed E-state index contributed by atoms with van der Waals surface area (Å²) in [4.78, 5) is 0.334. The van der Waals surface area contributed by atoms with E-state index in [0.717, 1.165) is 30.4 Å². The van der Waals surface area contributed by atoms with E-state index in [0.29, 0.717) is 35.2 Å². The number of rotatable bonds is 7. The van der Waals surface area contributed by atoms with Gasteiger partial charge in [-0.25, -0.2) is 8.42 Å². The Labute approximate surface area is 172 Å². The Kier molecular flexibility index (Phi) is 6.82. The standard InChI is InChI=1S/C22H27NO5S/c1-26-20-14-11-18(21(27-2)22(20)28-3)10-7-17-8-12-19(13-9-17)29(24,25)23-15-5-4-6-16-23/h7-14H,4-6,15-16H2,1-3H3. The molecule has 0 aromatic heterocycles. The molecule has 0 unspecified atom stereocenters. The van der Waals surface area contributed by atoms with Crippen molar-refractivity contribution in [2.75, 3.05) is 34.4 Å². The minimum Gasteiger partial charge on any atom is -0.493 e. The number of methoxy groups -OCH3 is 3. The van der Waals surface area contributed by atoms with E-state index < -0.39 is 10.0 Å². The van der Waals surface area contributed by atoms with Crippen LogP contribution in [0.25, 0.3) is 12.2 Å². The molecular formula is C22H27NO5S. The average Bonchev–Trinajstić information content (AvgIpc) is 2.77. The lowest BCUT2D eigenvalue weighted by Gasteiger charge is -2.25. The molecule has 2 aromatic carbocycles. The zero-order valence-corrected chi connectivity index (χ0v) is 17.9. The first-order chi connectivity index (χ1) is 14.0. The fourth-order valence-corrected chi connectivity index (χ4v) is 4.96. The Hall–Kier alpha value is -2.51. The van der Waals surface area contributed by atoms with Gasteiger partial charge < -0.3 is 14.2 Å². The van der Waals surface area contributed by atoms with Crippen molar-refractivity contribution in [1.82, 2.24) is 4.31 Å². The van der Waals surface area contributed by atoms with Crippen molar-refractivity contribution >= 4 is 22.2 Å². The zero-order valence-electron chi connectivity index (χ0n) is 17.1. The Balaban J connectivity index is 1.82. The maximum absolute atomic E-state index is 12.8. The molecule has 1 aliphatic heterocycles. The molecule has 29 heavy (non-hydrogen) atoms. The molecule has 0 amide bonds. The van der Waals surface area contributed by atoms with E-state index in [1.54, 1.807) is 49.9 Å². The van der Waals surface area contributed by atoms with Crippen molar-refractivity contribution < 1.29 is 22.6 Å². The van der Waals surface area contributed by atoms with E-state index in [9.17, 15) is 8.42 Å². The first kappa shape index (κ1) is 21.2. The van der Waals surface area contributed by atoms with Gasteiger partial charge in [-0.15, -0.1) is 0 Å². The highest BCUT2D eigenvalue weighted by atomic mass is 32.2. The first-order valence-electron chi connectivity index (χ1n) is 9.58. The Morgan fingerprint density at radius 1 is 0.793 bits per heavy atom. The largest absolute Gasteiger partial charge is 0.493 e. The summed E-state index contributed by atoms with van der Waals surface area (Å²) < 4.78 is 43.3. The van der Waals surface area contributed by atoms with Gasteiger partial charge in [0.05, 0.1) is 26.2 Å². The van der Waals surface area contributed by atoms with E-state index in [2.05, 4.69) is 0 Å². The minimum atomic E-state index is -3.41.